The zero-order chi connectivity index (χ0) is 21.9. The Balaban J connectivity index is 1.92. The standard InChI is InChI=1S/C19H14F6N4O/c1-2-3-12(19(23,24)25)9-27-29-15-10-26-7-6-13(15)17-28-14-8-11(18(20,21)22)4-5-16(14)30-17/h3-10,29H,2H2,1H3/b12-3+,27-9-. The number of hydrogen-bond donors (Lipinski definition) is 1. The molecule has 30 heavy (non-hydrogen) atoms. The van der Waals surface area contributed by atoms with Crippen LogP contribution in [0.3, 0.4) is 0 Å². The molecular weight excluding hydrogens is 414 g/mol. The maximum absolute atomic E-state index is 12.9. The first-order valence-corrected chi connectivity index (χ1v) is 8.58. The van der Waals surface area contributed by atoms with Crippen LogP contribution in [0.25, 0.3) is 22.6 Å². The highest BCUT2D eigenvalue weighted by Crippen LogP contribution is 2.34. The third kappa shape index (κ3) is 4.78. The van der Waals surface area contributed by atoms with Crippen LogP contribution < -0.4 is 5.43 Å². The molecule has 11 heteroatoms. The van der Waals surface area contributed by atoms with Gasteiger partial charge in [0.05, 0.1) is 34.8 Å². The summed E-state index contributed by atoms with van der Waals surface area (Å²) in [5, 5.41) is 3.59. The second-order valence-corrected chi connectivity index (χ2v) is 6.06. The van der Waals surface area contributed by atoms with E-state index in [4.69, 9.17) is 4.42 Å². The molecule has 0 saturated heterocycles. The molecule has 0 aliphatic carbocycles. The van der Waals surface area contributed by atoms with E-state index in [1.807, 2.05) is 0 Å². The van der Waals surface area contributed by atoms with Crippen LogP contribution in [0.1, 0.15) is 18.9 Å². The third-order valence-electron chi connectivity index (χ3n) is 3.91. The highest BCUT2D eigenvalue weighted by atomic mass is 19.4. The van der Waals surface area contributed by atoms with Crippen molar-refractivity contribution in [1.29, 1.82) is 0 Å². The number of pyridine rings is 1. The van der Waals surface area contributed by atoms with Crippen LogP contribution in [0, 0.1) is 0 Å². The lowest BCUT2D eigenvalue weighted by Gasteiger charge is -2.08. The summed E-state index contributed by atoms with van der Waals surface area (Å²) in [5.74, 6) is -0.0374. The number of nitrogens with zero attached hydrogens (tertiary/aromatic N) is 3. The van der Waals surface area contributed by atoms with Crippen LogP contribution >= 0.6 is 0 Å². The van der Waals surface area contributed by atoms with E-state index >= 15 is 0 Å². The van der Waals surface area contributed by atoms with Gasteiger partial charge in [0.2, 0.25) is 5.89 Å². The molecule has 5 nitrogen and oxygen atoms in total. The number of rotatable bonds is 5. The van der Waals surface area contributed by atoms with Gasteiger partial charge in [-0.15, -0.1) is 0 Å². The zero-order valence-corrected chi connectivity index (χ0v) is 15.3. The van der Waals surface area contributed by atoms with Crippen molar-refractivity contribution >= 4 is 23.0 Å². The Morgan fingerprint density at radius 3 is 2.60 bits per heavy atom. The van der Waals surface area contributed by atoms with Gasteiger partial charge >= 0.3 is 12.4 Å². The number of fused-ring (bicyclic) bond motifs is 1. The van der Waals surface area contributed by atoms with Crippen LogP contribution in [0.15, 0.2) is 57.8 Å². The Hall–Kier alpha value is -3.37. The van der Waals surface area contributed by atoms with Gasteiger partial charge in [-0.1, -0.05) is 13.0 Å². The Morgan fingerprint density at radius 2 is 1.93 bits per heavy atom. The smallest absolute Gasteiger partial charge is 0.417 e. The summed E-state index contributed by atoms with van der Waals surface area (Å²) in [7, 11) is 0. The zero-order valence-electron chi connectivity index (χ0n) is 15.3. The maximum atomic E-state index is 12.9. The van der Waals surface area contributed by atoms with Crippen molar-refractivity contribution in [2.45, 2.75) is 25.7 Å². The molecule has 158 valence electrons. The molecule has 1 N–H and O–H groups in total. The van der Waals surface area contributed by atoms with E-state index in [1.54, 1.807) is 6.92 Å². The highest BCUT2D eigenvalue weighted by Gasteiger charge is 2.32. The van der Waals surface area contributed by atoms with E-state index in [0.717, 1.165) is 24.3 Å². The van der Waals surface area contributed by atoms with Gasteiger partial charge in [0, 0.05) is 6.20 Å². The van der Waals surface area contributed by atoms with E-state index in [-0.39, 0.29) is 34.7 Å². The molecule has 3 aromatic rings. The third-order valence-corrected chi connectivity index (χ3v) is 3.91. The van der Waals surface area contributed by atoms with Gasteiger partial charge in [-0.25, -0.2) is 4.98 Å². The average molecular weight is 428 g/mol. The number of benzene rings is 1. The molecule has 0 bridgehead atoms. The molecule has 0 aliphatic heterocycles. The number of allylic oxidation sites excluding steroid dienone is 2. The quantitative estimate of drug-likeness (QED) is 0.298. The molecule has 0 amide bonds. The molecule has 0 fully saturated rings. The van der Waals surface area contributed by atoms with E-state index < -0.39 is 23.5 Å². The summed E-state index contributed by atoms with van der Waals surface area (Å²) in [6.45, 7) is 1.56. The van der Waals surface area contributed by atoms with Crippen molar-refractivity contribution in [3.63, 3.8) is 0 Å². The summed E-state index contributed by atoms with van der Waals surface area (Å²) in [5.41, 5.74) is 1.16. The molecule has 0 atom stereocenters. The van der Waals surface area contributed by atoms with Gasteiger partial charge in [0.25, 0.3) is 0 Å². The fourth-order valence-electron chi connectivity index (χ4n) is 2.52. The fourth-order valence-corrected chi connectivity index (χ4v) is 2.52. The van der Waals surface area contributed by atoms with Crippen LogP contribution in [-0.4, -0.2) is 22.4 Å². The summed E-state index contributed by atoms with van der Waals surface area (Å²) in [4.78, 5) is 7.91. The minimum Gasteiger partial charge on any atom is -0.436 e. The average Bonchev–Trinajstić information content (AvgIpc) is 3.09. The van der Waals surface area contributed by atoms with Crippen molar-refractivity contribution in [1.82, 2.24) is 9.97 Å². The predicted octanol–water partition coefficient (Wildman–Crippen LogP) is 6.21. The number of hydrazone groups is 1. The molecule has 0 unspecified atom stereocenters. The van der Waals surface area contributed by atoms with E-state index in [0.29, 0.717) is 6.21 Å². The molecule has 2 heterocycles. The second-order valence-electron chi connectivity index (χ2n) is 6.06. The highest BCUT2D eigenvalue weighted by molar-refractivity contribution is 5.83. The van der Waals surface area contributed by atoms with Gasteiger partial charge in [0.15, 0.2) is 5.58 Å². The second kappa shape index (κ2) is 8.17. The Bertz CT molecular complexity index is 1100. The van der Waals surface area contributed by atoms with Gasteiger partial charge in [0.1, 0.15) is 5.52 Å². The molecule has 2 aromatic heterocycles. The van der Waals surface area contributed by atoms with E-state index in [1.165, 1.54) is 18.5 Å². The van der Waals surface area contributed by atoms with Crippen LogP contribution in [0.4, 0.5) is 32.0 Å². The fraction of sp³-hybridized carbons (Fsp3) is 0.211. The number of nitrogens with one attached hydrogen (secondary N) is 1. The minimum absolute atomic E-state index is 0.0173. The first-order valence-electron chi connectivity index (χ1n) is 8.58. The maximum Gasteiger partial charge on any atom is 0.417 e. The van der Waals surface area contributed by atoms with Crippen molar-refractivity contribution in [3.05, 3.63) is 53.9 Å². The van der Waals surface area contributed by atoms with Gasteiger partial charge < -0.3 is 4.42 Å². The molecule has 1 aromatic carbocycles. The first kappa shape index (κ1) is 21.3. The summed E-state index contributed by atoms with van der Waals surface area (Å²) in [6, 6.07) is 4.30. The Morgan fingerprint density at radius 1 is 1.17 bits per heavy atom. The van der Waals surface area contributed by atoms with Crippen LogP contribution in [-0.2, 0) is 6.18 Å². The molecule has 0 aliphatic rings. The van der Waals surface area contributed by atoms with Crippen LogP contribution in [0.2, 0.25) is 0 Å². The molecule has 3 rings (SSSR count). The largest absolute Gasteiger partial charge is 0.436 e. The predicted molar refractivity (Wildman–Crippen MR) is 98.8 cm³/mol. The minimum atomic E-state index is -4.56. The number of aromatic nitrogens is 2. The van der Waals surface area contributed by atoms with Gasteiger partial charge in [-0.3, -0.25) is 10.4 Å². The number of oxazole rings is 1. The van der Waals surface area contributed by atoms with Crippen molar-refractivity contribution in [2.24, 2.45) is 5.10 Å². The van der Waals surface area contributed by atoms with Gasteiger partial charge in [-0.05, 0) is 30.7 Å². The van der Waals surface area contributed by atoms with E-state index in [9.17, 15) is 26.3 Å². The first-order chi connectivity index (χ1) is 14.1. The number of hydrogen-bond acceptors (Lipinski definition) is 5. The monoisotopic (exact) mass is 428 g/mol. The van der Waals surface area contributed by atoms with Crippen molar-refractivity contribution in [2.75, 3.05) is 5.43 Å². The van der Waals surface area contributed by atoms with Crippen LogP contribution in [0.5, 0.6) is 0 Å². The lowest BCUT2D eigenvalue weighted by molar-refractivity contribution is -0.137. The summed E-state index contributed by atoms with van der Waals surface area (Å²) in [6.07, 6.45) is -4.67. The van der Waals surface area contributed by atoms with Gasteiger partial charge in [-0.2, -0.15) is 31.4 Å². The van der Waals surface area contributed by atoms with E-state index in [2.05, 4.69) is 20.5 Å². The Kier molecular flexibility index (Phi) is 5.81. The van der Waals surface area contributed by atoms with Crippen molar-refractivity contribution < 1.29 is 30.8 Å². The molecule has 0 spiro atoms. The molecule has 0 radical (unpaired) electrons. The normalized spacial score (nSPS) is 13.4. The molecular formula is C19H14F6N4O. The number of anilines is 1. The lowest BCUT2D eigenvalue weighted by atomic mass is 10.2. The van der Waals surface area contributed by atoms with Crippen molar-refractivity contribution in [3.8, 4) is 11.5 Å². The number of halogens is 6. The lowest BCUT2D eigenvalue weighted by Crippen LogP contribution is -2.13. The summed E-state index contributed by atoms with van der Waals surface area (Å²) < 4.78 is 82.8. The Labute approximate surface area is 166 Å². The number of alkyl halides is 6. The summed E-state index contributed by atoms with van der Waals surface area (Å²) >= 11 is 0. The molecule has 0 saturated carbocycles. The SMILES string of the molecule is CC/C=C(\C=N/Nc1cnccc1-c1nc2cc(C(F)(F)F)ccc2o1)C(F)(F)F. The topological polar surface area (TPSA) is 63.3 Å².